The van der Waals surface area contributed by atoms with Gasteiger partial charge in [-0.15, -0.1) is 0 Å². The molecule has 0 unspecified atom stereocenters. The second-order valence-corrected chi connectivity index (χ2v) is 5.64. The van der Waals surface area contributed by atoms with Crippen LogP contribution in [0, 0.1) is 10.8 Å². The lowest BCUT2D eigenvalue weighted by atomic mass is 9.63. The number of ether oxygens (including phenoxy) is 2. The Balaban J connectivity index is 2.96. The van der Waals surface area contributed by atoms with Crippen LogP contribution in [0.15, 0.2) is 25.3 Å². The van der Waals surface area contributed by atoms with Crippen LogP contribution in [-0.4, -0.2) is 36.7 Å². The van der Waals surface area contributed by atoms with Gasteiger partial charge in [-0.2, -0.15) is 0 Å². The quantitative estimate of drug-likeness (QED) is 0.419. The Morgan fingerprint density at radius 2 is 1.27 bits per heavy atom. The molecule has 6 nitrogen and oxygen atoms in total. The summed E-state index contributed by atoms with van der Waals surface area (Å²) in [7, 11) is 0. The van der Waals surface area contributed by atoms with E-state index >= 15 is 0 Å². The van der Waals surface area contributed by atoms with E-state index in [4.69, 9.17) is 9.47 Å². The summed E-state index contributed by atoms with van der Waals surface area (Å²) in [5.41, 5.74) is -3.14. The smallest absolute Gasteiger partial charge is 0.320 e. The second-order valence-electron chi connectivity index (χ2n) is 5.64. The Morgan fingerprint density at radius 3 is 1.55 bits per heavy atom. The fourth-order valence-electron chi connectivity index (χ4n) is 2.19. The van der Waals surface area contributed by atoms with Crippen LogP contribution in [0.4, 0.5) is 0 Å². The van der Waals surface area contributed by atoms with E-state index in [1.165, 1.54) is 26.0 Å². The average molecular weight is 308 g/mol. The van der Waals surface area contributed by atoms with Gasteiger partial charge in [-0.1, -0.05) is 25.3 Å². The van der Waals surface area contributed by atoms with Gasteiger partial charge >= 0.3 is 11.9 Å². The summed E-state index contributed by atoms with van der Waals surface area (Å²) in [5.74, 6) is -2.60. The third-order valence-electron chi connectivity index (χ3n) is 3.82. The summed E-state index contributed by atoms with van der Waals surface area (Å²) in [6, 6.07) is 0. The third-order valence-corrected chi connectivity index (χ3v) is 3.82. The van der Waals surface area contributed by atoms with Crippen molar-refractivity contribution in [2.45, 2.75) is 26.7 Å². The van der Waals surface area contributed by atoms with E-state index in [1.54, 1.807) is 0 Å². The predicted molar refractivity (Wildman–Crippen MR) is 77.8 cm³/mol. The van der Waals surface area contributed by atoms with Crippen LogP contribution in [-0.2, 0) is 28.7 Å². The minimum absolute atomic E-state index is 0.0471. The topological polar surface area (TPSA) is 86.7 Å². The minimum atomic E-state index is -1.57. The number of Topliss-reactive ketones (excluding diaryl/α,β-unsaturated/α-hetero) is 2. The van der Waals surface area contributed by atoms with Crippen molar-refractivity contribution >= 4 is 23.5 Å². The third kappa shape index (κ3) is 3.16. The molecule has 1 rings (SSSR count). The van der Waals surface area contributed by atoms with Crippen LogP contribution in [0.5, 0.6) is 0 Å². The molecule has 1 aliphatic rings. The Hall–Kier alpha value is -2.24. The lowest BCUT2D eigenvalue weighted by molar-refractivity contribution is -0.173. The van der Waals surface area contributed by atoms with E-state index in [9.17, 15) is 19.2 Å². The van der Waals surface area contributed by atoms with E-state index in [1.807, 2.05) is 0 Å². The summed E-state index contributed by atoms with van der Waals surface area (Å²) in [6.07, 6.45) is 1.96. The van der Waals surface area contributed by atoms with E-state index < -0.39 is 34.3 Å². The predicted octanol–water partition coefficient (Wildman–Crippen LogP) is 1.39. The molecule has 0 radical (unpaired) electrons. The molecule has 0 bridgehead atoms. The van der Waals surface area contributed by atoms with Gasteiger partial charge < -0.3 is 9.47 Å². The minimum Gasteiger partial charge on any atom is -0.461 e. The number of hydrogen-bond acceptors (Lipinski definition) is 6. The van der Waals surface area contributed by atoms with E-state index in [-0.39, 0.29) is 26.1 Å². The zero-order chi connectivity index (χ0) is 17.0. The van der Waals surface area contributed by atoms with Gasteiger partial charge in [0.25, 0.3) is 0 Å². The molecule has 6 heteroatoms. The fraction of sp³-hybridized carbons (Fsp3) is 0.500. The molecule has 1 saturated carbocycles. The lowest BCUT2D eigenvalue weighted by Gasteiger charge is -2.37. The van der Waals surface area contributed by atoms with Crippen LogP contribution in [0.2, 0.25) is 0 Å². The molecule has 0 aromatic heterocycles. The van der Waals surface area contributed by atoms with Gasteiger partial charge in [0.1, 0.15) is 24.0 Å². The molecule has 0 aromatic rings. The number of ketones is 2. The Bertz CT molecular complexity index is 487. The molecule has 0 aromatic carbocycles. The van der Waals surface area contributed by atoms with E-state index in [2.05, 4.69) is 13.2 Å². The summed E-state index contributed by atoms with van der Waals surface area (Å²) < 4.78 is 9.77. The maximum absolute atomic E-state index is 12.4. The maximum atomic E-state index is 12.4. The van der Waals surface area contributed by atoms with Crippen molar-refractivity contribution in [1.82, 2.24) is 0 Å². The number of carbonyl (C=O) groups is 4. The largest absolute Gasteiger partial charge is 0.461 e. The number of hydrogen-bond donors (Lipinski definition) is 0. The molecule has 0 N–H and O–H groups in total. The van der Waals surface area contributed by atoms with Gasteiger partial charge in [-0.25, -0.2) is 0 Å². The molecule has 120 valence electrons. The van der Waals surface area contributed by atoms with Crippen LogP contribution in [0.1, 0.15) is 26.7 Å². The highest BCUT2D eigenvalue weighted by atomic mass is 16.5. The fourth-order valence-corrected chi connectivity index (χ4v) is 2.19. The van der Waals surface area contributed by atoms with Gasteiger partial charge in [0.15, 0.2) is 11.6 Å². The summed E-state index contributed by atoms with van der Waals surface area (Å²) >= 11 is 0. The van der Waals surface area contributed by atoms with Gasteiger partial charge in [-0.05, 0) is 13.8 Å². The van der Waals surface area contributed by atoms with Crippen molar-refractivity contribution in [3.63, 3.8) is 0 Å². The van der Waals surface area contributed by atoms with Crippen molar-refractivity contribution in [2.75, 3.05) is 13.2 Å². The standard InChI is InChI=1S/C16H20O6/c1-5-7-21-13(19)15(3)9-12(18)16(4,10-11(15)17)14(20)22-8-6-2/h5-6H,1-2,7-10H2,3-4H3/t15-,16+. The van der Waals surface area contributed by atoms with Gasteiger partial charge in [-0.3, -0.25) is 19.2 Å². The highest BCUT2D eigenvalue weighted by molar-refractivity contribution is 6.17. The van der Waals surface area contributed by atoms with E-state index in [0.717, 1.165) is 0 Å². The second kappa shape index (κ2) is 6.68. The summed E-state index contributed by atoms with van der Waals surface area (Å²) in [4.78, 5) is 48.7. The Kier molecular flexibility index (Phi) is 5.41. The normalized spacial score (nSPS) is 27.9. The van der Waals surface area contributed by atoms with Crippen LogP contribution in [0.3, 0.4) is 0 Å². The van der Waals surface area contributed by atoms with Crippen LogP contribution >= 0.6 is 0 Å². The molecule has 0 amide bonds. The van der Waals surface area contributed by atoms with Crippen molar-refractivity contribution < 1.29 is 28.7 Å². The van der Waals surface area contributed by atoms with Gasteiger partial charge in [0.2, 0.25) is 0 Å². The van der Waals surface area contributed by atoms with Gasteiger partial charge in [0, 0.05) is 12.8 Å². The molecule has 1 fully saturated rings. The van der Waals surface area contributed by atoms with Crippen LogP contribution in [0.25, 0.3) is 0 Å². The summed E-state index contributed by atoms with van der Waals surface area (Å²) in [6.45, 7) is 9.44. The van der Waals surface area contributed by atoms with Crippen molar-refractivity contribution in [1.29, 1.82) is 0 Å². The molecular formula is C16H20O6. The number of esters is 2. The van der Waals surface area contributed by atoms with Crippen molar-refractivity contribution in [3.8, 4) is 0 Å². The SMILES string of the molecule is C=CCOC(=O)[C@@]1(C)CC(=O)[C@](C)(C(=O)OCC=C)CC1=O. The molecule has 0 saturated heterocycles. The molecule has 22 heavy (non-hydrogen) atoms. The Morgan fingerprint density at radius 1 is 0.955 bits per heavy atom. The lowest BCUT2D eigenvalue weighted by Crippen LogP contribution is -2.53. The zero-order valence-electron chi connectivity index (χ0n) is 12.8. The number of carbonyl (C=O) groups excluding carboxylic acids is 4. The molecule has 2 atom stereocenters. The first kappa shape index (κ1) is 17.8. The molecular weight excluding hydrogens is 288 g/mol. The maximum Gasteiger partial charge on any atom is 0.320 e. The first-order valence-corrected chi connectivity index (χ1v) is 6.85. The highest BCUT2D eigenvalue weighted by Gasteiger charge is 2.57. The van der Waals surface area contributed by atoms with Crippen molar-refractivity contribution in [2.24, 2.45) is 10.8 Å². The van der Waals surface area contributed by atoms with Crippen LogP contribution < -0.4 is 0 Å². The molecule has 1 aliphatic carbocycles. The molecule has 0 heterocycles. The molecule has 0 spiro atoms. The van der Waals surface area contributed by atoms with Crippen molar-refractivity contribution in [3.05, 3.63) is 25.3 Å². The Labute approximate surface area is 129 Å². The zero-order valence-corrected chi connectivity index (χ0v) is 12.8. The monoisotopic (exact) mass is 308 g/mol. The van der Waals surface area contributed by atoms with Gasteiger partial charge in [0.05, 0.1) is 0 Å². The first-order chi connectivity index (χ1) is 10.2. The summed E-state index contributed by atoms with van der Waals surface area (Å²) in [5, 5.41) is 0. The number of rotatable bonds is 6. The highest BCUT2D eigenvalue weighted by Crippen LogP contribution is 2.41. The average Bonchev–Trinajstić information content (AvgIpc) is 2.48. The molecule has 0 aliphatic heterocycles. The van der Waals surface area contributed by atoms with E-state index in [0.29, 0.717) is 0 Å². The first-order valence-electron chi connectivity index (χ1n) is 6.85.